The molecule has 0 aliphatic heterocycles. The molecule has 8 heteroatoms. The summed E-state index contributed by atoms with van der Waals surface area (Å²) in [7, 11) is 0. The molecule has 0 aliphatic carbocycles. The Morgan fingerprint density at radius 2 is 1.96 bits per heavy atom. The molecule has 1 amide bonds. The molecule has 1 aromatic heterocycles. The van der Waals surface area contributed by atoms with Crippen LogP contribution in [0.15, 0.2) is 48.5 Å². The van der Waals surface area contributed by atoms with Gasteiger partial charge < -0.3 is 10.1 Å². The third-order valence-corrected chi connectivity index (χ3v) is 3.72. The number of rotatable bonds is 7. The van der Waals surface area contributed by atoms with E-state index in [4.69, 9.17) is 16.3 Å². The van der Waals surface area contributed by atoms with Gasteiger partial charge in [0.15, 0.2) is 0 Å². The number of ether oxygens (including phenoxy) is 1. The van der Waals surface area contributed by atoms with Crippen molar-refractivity contribution in [3.63, 3.8) is 0 Å². The van der Waals surface area contributed by atoms with Crippen LogP contribution in [0, 0.1) is 0 Å². The number of tetrazole rings is 1. The summed E-state index contributed by atoms with van der Waals surface area (Å²) < 4.78 is 5.55. The molecule has 3 aromatic rings. The summed E-state index contributed by atoms with van der Waals surface area (Å²) in [5.74, 6) is 0.167. The van der Waals surface area contributed by atoms with E-state index in [1.165, 1.54) is 0 Å². The Kier molecular flexibility index (Phi) is 5.71. The highest BCUT2D eigenvalue weighted by Crippen LogP contribution is 2.18. The largest absolute Gasteiger partial charge is 0.375 e. The van der Waals surface area contributed by atoms with Crippen LogP contribution in [0.3, 0.4) is 0 Å². The van der Waals surface area contributed by atoms with E-state index in [-0.39, 0.29) is 5.91 Å². The second kappa shape index (κ2) is 8.36. The van der Waals surface area contributed by atoms with Crippen LogP contribution in [0.5, 0.6) is 0 Å². The van der Waals surface area contributed by atoms with E-state index in [0.29, 0.717) is 41.7 Å². The van der Waals surface area contributed by atoms with Gasteiger partial charge in [0.25, 0.3) is 5.91 Å². The predicted molar refractivity (Wildman–Crippen MR) is 93.1 cm³/mol. The maximum atomic E-state index is 12.4. The second-order valence-electron chi connectivity index (χ2n) is 5.22. The highest BCUT2D eigenvalue weighted by atomic mass is 35.5. The molecule has 0 bridgehead atoms. The van der Waals surface area contributed by atoms with Gasteiger partial charge in [0.05, 0.1) is 18.8 Å². The molecule has 2 aromatic carbocycles. The molecule has 0 radical (unpaired) electrons. The van der Waals surface area contributed by atoms with Crippen LogP contribution in [0.2, 0.25) is 5.02 Å². The van der Waals surface area contributed by atoms with Gasteiger partial charge in [-0.1, -0.05) is 41.9 Å². The zero-order valence-electron chi connectivity index (χ0n) is 13.3. The van der Waals surface area contributed by atoms with Gasteiger partial charge in [-0.25, -0.2) is 0 Å². The average Bonchev–Trinajstić information content (AvgIpc) is 3.17. The second-order valence-corrected chi connectivity index (χ2v) is 5.65. The number of amides is 1. The van der Waals surface area contributed by atoms with E-state index in [1.807, 2.05) is 30.3 Å². The van der Waals surface area contributed by atoms with Crippen molar-refractivity contribution in [2.75, 3.05) is 13.2 Å². The van der Waals surface area contributed by atoms with Crippen molar-refractivity contribution < 1.29 is 9.53 Å². The quantitative estimate of drug-likeness (QED) is 0.634. The fourth-order valence-electron chi connectivity index (χ4n) is 2.25. The zero-order valence-corrected chi connectivity index (χ0v) is 14.0. The lowest BCUT2D eigenvalue weighted by atomic mass is 10.1. The van der Waals surface area contributed by atoms with Crippen LogP contribution >= 0.6 is 11.6 Å². The maximum absolute atomic E-state index is 12.4. The molecule has 128 valence electrons. The van der Waals surface area contributed by atoms with Crippen molar-refractivity contribution in [1.29, 1.82) is 0 Å². The van der Waals surface area contributed by atoms with Gasteiger partial charge >= 0.3 is 0 Å². The first-order chi connectivity index (χ1) is 12.2. The number of carbonyl (C=O) groups is 1. The molecule has 0 aliphatic rings. The first-order valence-electron chi connectivity index (χ1n) is 7.67. The summed E-state index contributed by atoms with van der Waals surface area (Å²) in [6.07, 6.45) is 0. The Hall–Kier alpha value is -2.77. The molecule has 0 saturated carbocycles. The van der Waals surface area contributed by atoms with E-state index >= 15 is 0 Å². The summed E-state index contributed by atoms with van der Waals surface area (Å²) >= 11 is 5.84. The molecule has 3 rings (SSSR count). The minimum absolute atomic E-state index is 0.213. The number of carbonyl (C=O) groups excluding carboxylic acids is 1. The lowest BCUT2D eigenvalue weighted by Gasteiger charge is -2.09. The first kappa shape index (κ1) is 17.1. The third-order valence-electron chi connectivity index (χ3n) is 3.47. The SMILES string of the molecule is O=C(NCCOCc1ccc(Cl)cc1)c1ccccc1-c1nn[nH]n1. The molecule has 0 unspecified atom stereocenters. The number of benzene rings is 2. The number of aromatic nitrogens is 4. The monoisotopic (exact) mass is 357 g/mol. The lowest BCUT2D eigenvalue weighted by molar-refractivity contribution is 0.0901. The lowest BCUT2D eigenvalue weighted by Crippen LogP contribution is -2.27. The topological polar surface area (TPSA) is 92.8 Å². The van der Waals surface area contributed by atoms with E-state index in [2.05, 4.69) is 25.9 Å². The number of H-pyrrole nitrogens is 1. The third kappa shape index (κ3) is 4.62. The molecule has 7 nitrogen and oxygen atoms in total. The first-order valence-corrected chi connectivity index (χ1v) is 8.05. The Bertz CT molecular complexity index is 821. The number of halogens is 1. The van der Waals surface area contributed by atoms with Crippen molar-refractivity contribution >= 4 is 17.5 Å². The van der Waals surface area contributed by atoms with Crippen LogP contribution in [-0.4, -0.2) is 39.7 Å². The van der Waals surface area contributed by atoms with Crippen LogP contribution in [-0.2, 0) is 11.3 Å². The van der Waals surface area contributed by atoms with Gasteiger partial charge in [0, 0.05) is 17.1 Å². The molecule has 0 spiro atoms. The number of aromatic amines is 1. The van der Waals surface area contributed by atoms with Gasteiger partial charge in [-0.3, -0.25) is 4.79 Å². The average molecular weight is 358 g/mol. The normalized spacial score (nSPS) is 10.6. The highest BCUT2D eigenvalue weighted by molar-refractivity contribution is 6.30. The molecule has 2 N–H and O–H groups in total. The molecular weight excluding hydrogens is 342 g/mol. The van der Waals surface area contributed by atoms with E-state index in [9.17, 15) is 4.79 Å². The smallest absolute Gasteiger partial charge is 0.252 e. The predicted octanol–water partition coefficient (Wildman–Crippen LogP) is 2.47. The minimum atomic E-state index is -0.213. The molecule has 0 atom stereocenters. The fourth-order valence-corrected chi connectivity index (χ4v) is 2.38. The number of nitrogens with zero attached hydrogens (tertiary/aromatic N) is 3. The molecular formula is C17H16ClN5O2. The van der Waals surface area contributed by atoms with Gasteiger partial charge in [-0.2, -0.15) is 5.21 Å². The van der Waals surface area contributed by atoms with E-state index in [0.717, 1.165) is 5.56 Å². The number of hydrogen-bond acceptors (Lipinski definition) is 5. The summed E-state index contributed by atoms with van der Waals surface area (Å²) in [4.78, 5) is 12.4. The number of hydrogen-bond donors (Lipinski definition) is 2. The van der Waals surface area contributed by atoms with Crippen LogP contribution in [0.25, 0.3) is 11.4 Å². The highest BCUT2D eigenvalue weighted by Gasteiger charge is 2.14. The molecule has 0 saturated heterocycles. The van der Waals surface area contributed by atoms with Crippen LogP contribution in [0.1, 0.15) is 15.9 Å². The van der Waals surface area contributed by atoms with Gasteiger partial charge in [0.1, 0.15) is 0 Å². The Balaban J connectivity index is 1.49. The van der Waals surface area contributed by atoms with Gasteiger partial charge in [0.2, 0.25) is 5.82 Å². The zero-order chi connectivity index (χ0) is 17.5. The summed E-state index contributed by atoms with van der Waals surface area (Å²) in [6.45, 7) is 1.26. The van der Waals surface area contributed by atoms with Crippen molar-refractivity contribution in [1.82, 2.24) is 25.9 Å². The van der Waals surface area contributed by atoms with Crippen LogP contribution < -0.4 is 5.32 Å². The van der Waals surface area contributed by atoms with Gasteiger partial charge in [-0.15, -0.1) is 10.2 Å². The minimum Gasteiger partial charge on any atom is -0.375 e. The fraction of sp³-hybridized carbons (Fsp3) is 0.176. The Labute approximate surface area is 149 Å². The Morgan fingerprint density at radius 3 is 2.72 bits per heavy atom. The summed E-state index contributed by atoms with van der Waals surface area (Å²) in [5.41, 5.74) is 2.13. The summed E-state index contributed by atoms with van der Waals surface area (Å²) in [5, 5.41) is 17.3. The van der Waals surface area contributed by atoms with Crippen molar-refractivity contribution in [3.8, 4) is 11.4 Å². The van der Waals surface area contributed by atoms with Crippen molar-refractivity contribution in [3.05, 3.63) is 64.7 Å². The number of nitrogens with one attached hydrogen (secondary N) is 2. The van der Waals surface area contributed by atoms with E-state index < -0.39 is 0 Å². The standard InChI is InChI=1S/C17H16ClN5O2/c18-13-7-5-12(6-8-13)11-25-10-9-19-17(24)15-4-2-1-3-14(15)16-20-22-23-21-16/h1-8H,9-11H2,(H,19,24)(H,20,21,22,23). The maximum Gasteiger partial charge on any atom is 0.252 e. The van der Waals surface area contributed by atoms with Crippen molar-refractivity contribution in [2.45, 2.75) is 6.61 Å². The Morgan fingerprint density at radius 1 is 1.16 bits per heavy atom. The van der Waals surface area contributed by atoms with Crippen LogP contribution in [0.4, 0.5) is 0 Å². The molecule has 0 fully saturated rings. The summed E-state index contributed by atoms with van der Waals surface area (Å²) in [6, 6.07) is 14.5. The molecule has 1 heterocycles. The van der Waals surface area contributed by atoms with E-state index in [1.54, 1.807) is 18.2 Å². The van der Waals surface area contributed by atoms with Gasteiger partial charge in [-0.05, 0) is 29.0 Å². The van der Waals surface area contributed by atoms with Crippen molar-refractivity contribution in [2.24, 2.45) is 0 Å². The molecule has 25 heavy (non-hydrogen) atoms.